The number of nitrogens with zero attached hydrogens (tertiary/aromatic N) is 2. The Labute approximate surface area is 129 Å². The van der Waals surface area contributed by atoms with Crippen molar-refractivity contribution in [2.45, 2.75) is 25.6 Å². The van der Waals surface area contributed by atoms with Gasteiger partial charge in [0.15, 0.2) is 0 Å². The normalized spacial score (nSPS) is 13.5. The van der Waals surface area contributed by atoms with E-state index in [4.69, 9.17) is 5.73 Å². The second-order valence-corrected chi connectivity index (χ2v) is 5.69. The van der Waals surface area contributed by atoms with Crippen LogP contribution in [0.25, 0.3) is 0 Å². The molecule has 0 spiro atoms. The molecule has 1 heterocycles. The molecule has 0 fully saturated rings. The number of hydrogen-bond donors (Lipinski definition) is 1. The predicted octanol–water partition coefficient (Wildman–Crippen LogP) is 3.75. The average Bonchev–Trinajstić information content (AvgIpc) is 2.64. The highest BCUT2D eigenvalue weighted by atomic mass is 79.9. The molecule has 1 aromatic heterocycles. The van der Waals surface area contributed by atoms with E-state index in [2.05, 4.69) is 21.0 Å². The molecule has 1 aromatic carbocycles. The van der Waals surface area contributed by atoms with E-state index in [1.807, 2.05) is 14.0 Å². The van der Waals surface area contributed by atoms with Gasteiger partial charge in [0.25, 0.3) is 0 Å². The summed E-state index contributed by atoms with van der Waals surface area (Å²) in [6.07, 6.45) is -3.84. The first-order chi connectivity index (χ1) is 9.70. The SMILES string of the molecule is Cc1nn(C)c(CC(N)c2ccc(C(F)(F)F)cc2)c1Br. The molecule has 2 rings (SSSR count). The molecule has 114 valence electrons. The minimum atomic E-state index is -4.33. The van der Waals surface area contributed by atoms with Gasteiger partial charge in [-0.1, -0.05) is 12.1 Å². The van der Waals surface area contributed by atoms with E-state index < -0.39 is 17.8 Å². The molecule has 7 heteroatoms. The summed E-state index contributed by atoms with van der Waals surface area (Å²) in [5.41, 5.74) is 7.85. The Morgan fingerprint density at radius 2 is 1.86 bits per heavy atom. The first-order valence-corrected chi connectivity index (χ1v) is 7.10. The van der Waals surface area contributed by atoms with Gasteiger partial charge in [-0.25, -0.2) is 0 Å². The molecule has 0 saturated carbocycles. The Bertz CT molecular complexity index is 632. The Balaban J connectivity index is 2.19. The molecule has 21 heavy (non-hydrogen) atoms. The van der Waals surface area contributed by atoms with E-state index >= 15 is 0 Å². The number of halogens is 4. The number of benzene rings is 1. The Morgan fingerprint density at radius 1 is 1.29 bits per heavy atom. The molecular formula is C14H15BrF3N3. The summed E-state index contributed by atoms with van der Waals surface area (Å²) in [5.74, 6) is 0. The van der Waals surface area contributed by atoms with Gasteiger partial charge in [0, 0.05) is 19.5 Å². The van der Waals surface area contributed by atoms with Crippen molar-refractivity contribution in [3.05, 3.63) is 51.3 Å². The summed E-state index contributed by atoms with van der Waals surface area (Å²) < 4.78 is 40.2. The minimum Gasteiger partial charge on any atom is -0.324 e. The maximum absolute atomic E-state index is 12.5. The number of aromatic nitrogens is 2. The quantitative estimate of drug-likeness (QED) is 0.904. The molecule has 1 unspecified atom stereocenters. The fourth-order valence-corrected chi connectivity index (χ4v) is 2.65. The molecule has 0 saturated heterocycles. The van der Waals surface area contributed by atoms with Crippen LogP contribution in [0.15, 0.2) is 28.7 Å². The van der Waals surface area contributed by atoms with Gasteiger partial charge in [-0.15, -0.1) is 0 Å². The smallest absolute Gasteiger partial charge is 0.324 e. The van der Waals surface area contributed by atoms with Crippen molar-refractivity contribution < 1.29 is 13.2 Å². The van der Waals surface area contributed by atoms with Crippen molar-refractivity contribution in [2.24, 2.45) is 12.8 Å². The standard InChI is InChI=1S/C14H15BrF3N3/c1-8-13(15)12(21(2)20-8)7-11(19)9-3-5-10(6-4-9)14(16,17)18/h3-6,11H,7,19H2,1-2H3. The molecule has 2 aromatic rings. The van der Waals surface area contributed by atoms with Crippen molar-refractivity contribution in [3.63, 3.8) is 0 Å². The lowest BCUT2D eigenvalue weighted by Crippen LogP contribution is -2.16. The molecule has 0 radical (unpaired) electrons. The second-order valence-electron chi connectivity index (χ2n) is 4.90. The Kier molecular flexibility index (Phi) is 4.43. The molecule has 1 atom stereocenters. The summed E-state index contributed by atoms with van der Waals surface area (Å²) in [7, 11) is 1.81. The van der Waals surface area contributed by atoms with Crippen LogP contribution < -0.4 is 5.73 Å². The molecular weight excluding hydrogens is 347 g/mol. The van der Waals surface area contributed by atoms with Crippen LogP contribution in [-0.4, -0.2) is 9.78 Å². The van der Waals surface area contributed by atoms with Crippen LogP contribution in [0.1, 0.15) is 28.6 Å². The number of rotatable bonds is 3. The Hall–Kier alpha value is -1.34. The summed E-state index contributed by atoms with van der Waals surface area (Å²) in [6, 6.07) is 4.56. The van der Waals surface area contributed by atoms with Crippen LogP contribution in [0, 0.1) is 6.92 Å². The molecule has 3 nitrogen and oxygen atoms in total. The van der Waals surface area contributed by atoms with Gasteiger partial charge in [0.1, 0.15) is 0 Å². The average molecular weight is 362 g/mol. The summed E-state index contributed by atoms with van der Waals surface area (Å²) in [4.78, 5) is 0. The van der Waals surface area contributed by atoms with Gasteiger partial charge in [0.2, 0.25) is 0 Å². The molecule has 0 aliphatic heterocycles. The van der Waals surface area contributed by atoms with Crippen molar-refractivity contribution in [1.82, 2.24) is 9.78 Å². The third-order valence-corrected chi connectivity index (χ3v) is 4.37. The van der Waals surface area contributed by atoms with Gasteiger partial charge in [-0.3, -0.25) is 4.68 Å². The predicted molar refractivity (Wildman–Crippen MR) is 77.7 cm³/mol. The Morgan fingerprint density at radius 3 is 2.29 bits per heavy atom. The molecule has 0 aliphatic carbocycles. The number of alkyl halides is 3. The number of nitrogens with two attached hydrogens (primary N) is 1. The molecule has 0 aliphatic rings. The first kappa shape index (κ1) is 16.0. The van der Waals surface area contributed by atoms with Crippen molar-refractivity contribution in [2.75, 3.05) is 0 Å². The van der Waals surface area contributed by atoms with Gasteiger partial charge < -0.3 is 5.73 Å². The molecule has 2 N–H and O–H groups in total. The van der Waals surface area contributed by atoms with Crippen molar-refractivity contribution in [1.29, 1.82) is 0 Å². The third-order valence-electron chi connectivity index (χ3n) is 3.34. The zero-order chi connectivity index (χ0) is 15.8. The van der Waals surface area contributed by atoms with Crippen LogP contribution in [0.2, 0.25) is 0 Å². The molecule has 0 bridgehead atoms. The van der Waals surface area contributed by atoms with Crippen LogP contribution in [-0.2, 0) is 19.6 Å². The van der Waals surface area contributed by atoms with Gasteiger partial charge in [-0.05, 0) is 40.5 Å². The fraction of sp³-hybridized carbons (Fsp3) is 0.357. The van der Waals surface area contributed by atoms with Crippen LogP contribution in [0.4, 0.5) is 13.2 Å². The van der Waals surface area contributed by atoms with Gasteiger partial charge in [0.05, 0.1) is 21.4 Å². The summed E-state index contributed by atoms with van der Waals surface area (Å²) in [5, 5.41) is 4.27. The lowest BCUT2D eigenvalue weighted by atomic mass is 10.0. The van der Waals surface area contributed by atoms with Crippen LogP contribution >= 0.6 is 15.9 Å². The maximum atomic E-state index is 12.5. The van der Waals surface area contributed by atoms with E-state index in [9.17, 15) is 13.2 Å². The number of aryl methyl sites for hydroxylation is 2. The highest BCUT2D eigenvalue weighted by Crippen LogP contribution is 2.30. The van der Waals surface area contributed by atoms with Gasteiger partial charge in [-0.2, -0.15) is 18.3 Å². The zero-order valence-corrected chi connectivity index (χ0v) is 13.2. The monoisotopic (exact) mass is 361 g/mol. The lowest BCUT2D eigenvalue weighted by molar-refractivity contribution is -0.137. The maximum Gasteiger partial charge on any atom is 0.416 e. The van der Waals surface area contributed by atoms with E-state index in [-0.39, 0.29) is 0 Å². The van der Waals surface area contributed by atoms with E-state index in [1.54, 1.807) is 4.68 Å². The van der Waals surface area contributed by atoms with Crippen LogP contribution in [0.3, 0.4) is 0 Å². The zero-order valence-electron chi connectivity index (χ0n) is 11.6. The van der Waals surface area contributed by atoms with E-state index in [0.29, 0.717) is 12.0 Å². The fourth-order valence-electron chi connectivity index (χ4n) is 2.15. The minimum absolute atomic E-state index is 0.390. The van der Waals surface area contributed by atoms with E-state index in [0.717, 1.165) is 28.0 Å². The summed E-state index contributed by atoms with van der Waals surface area (Å²) >= 11 is 3.45. The second kappa shape index (κ2) is 5.81. The van der Waals surface area contributed by atoms with Crippen molar-refractivity contribution >= 4 is 15.9 Å². The van der Waals surface area contributed by atoms with E-state index in [1.165, 1.54) is 12.1 Å². The third kappa shape index (κ3) is 3.47. The van der Waals surface area contributed by atoms with Crippen molar-refractivity contribution in [3.8, 4) is 0 Å². The highest BCUT2D eigenvalue weighted by molar-refractivity contribution is 9.10. The first-order valence-electron chi connectivity index (χ1n) is 6.31. The van der Waals surface area contributed by atoms with Crippen LogP contribution in [0.5, 0.6) is 0 Å². The lowest BCUT2D eigenvalue weighted by Gasteiger charge is -2.14. The highest BCUT2D eigenvalue weighted by Gasteiger charge is 2.30. The summed E-state index contributed by atoms with van der Waals surface area (Å²) in [6.45, 7) is 1.87. The largest absolute Gasteiger partial charge is 0.416 e. The topological polar surface area (TPSA) is 43.8 Å². The number of hydrogen-bond acceptors (Lipinski definition) is 2. The molecule has 0 amide bonds. The van der Waals surface area contributed by atoms with Gasteiger partial charge >= 0.3 is 6.18 Å².